The SMILES string of the molecule is CC(=O)N1C=Cc2ccccc2[C@@H]1CC(=O)Nc1cnc(C(C)(C)C)nc1. The van der Waals surface area contributed by atoms with Crippen LogP contribution >= 0.6 is 0 Å². The number of nitrogens with one attached hydrogen (secondary N) is 1. The van der Waals surface area contributed by atoms with Gasteiger partial charge in [0.25, 0.3) is 0 Å². The Bertz CT molecular complexity index is 882. The van der Waals surface area contributed by atoms with Crippen molar-refractivity contribution in [1.29, 1.82) is 0 Å². The molecule has 0 radical (unpaired) electrons. The largest absolute Gasteiger partial charge is 0.323 e. The molecule has 0 spiro atoms. The van der Waals surface area contributed by atoms with Crippen molar-refractivity contribution < 1.29 is 9.59 Å². The maximum Gasteiger partial charge on any atom is 0.226 e. The Kier molecular flexibility index (Phi) is 5.08. The number of aromatic nitrogens is 2. The van der Waals surface area contributed by atoms with Crippen LogP contribution in [0.3, 0.4) is 0 Å². The van der Waals surface area contributed by atoms with Gasteiger partial charge >= 0.3 is 0 Å². The first kappa shape index (κ1) is 18.8. The molecule has 1 N–H and O–H groups in total. The van der Waals surface area contributed by atoms with Crippen molar-refractivity contribution in [3.05, 3.63) is 59.8 Å². The second kappa shape index (κ2) is 7.31. The molecule has 0 bridgehead atoms. The Hall–Kier alpha value is -3.02. The number of rotatable bonds is 3. The zero-order valence-corrected chi connectivity index (χ0v) is 16.1. The Balaban J connectivity index is 1.76. The minimum Gasteiger partial charge on any atom is -0.323 e. The average Bonchev–Trinajstić information content (AvgIpc) is 2.61. The van der Waals surface area contributed by atoms with Gasteiger partial charge in [0, 0.05) is 18.5 Å². The highest BCUT2D eigenvalue weighted by Gasteiger charge is 2.28. The number of fused-ring (bicyclic) bond motifs is 1. The standard InChI is InChI=1S/C21H24N4O2/c1-14(26)25-10-9-15-7-5-6-8-17(15)18(25)11-19(27)24-16-12-22-20(23-13-16)21(2,3)4/h5-10,12-13,18H,11H2,1-4H3,(H,24,27)/t18-/m0/s1. The number of nitrogens with zero attached hydrogens (tertiary/aromatic N) is 3. The number of benzene rings is 1. The van der Waals surface area contributed by atoms with E-state index in [2.05, 4.69) is 15.3 Å². The summed E-state index contributed by atoms with van der Waals surface area (Å²) < 4.78 is 0. The molecule has 0 saturated heterocycles. The van der Waals surface area contributed by atoms with Crippen LogP contribution in [0.2, 0.25) is 0 Å². The van der Waals surface area contributed by atoms with Gasteiger partial charge in [-0.15, -0.1) is 0 Å². The smallest absolute Gasteiger partial charge is 0.226 e. The van der Waals surface area contributed by atoms with E-state index < -0.39 is 0 Å². The van der Waals surface area contributed by atoms with Crippen molar-refractivity contribution in [2.24, 2.45) is 0 Å². The molecule has 0 unspecified atom stereocenters. The molecule has 27 heavy (non-hydrogen) atoms. The van der Waals surface area contributed by atoms with Crippen molar-refractivity contribution in [2.45, 2.75) is 45.6 Å². The first-order valence-electron chi connectivity index (χ1n) is 8.94. The van der Waals surface area contributed by atoms with Gasteiger partial charge in [-0.3, -0.25) is 9.59 Å². The second-order valence-corrected chi connectivity index (χ2v) is 7.68. The van der Waals surface area contributed by atoms with E-state index in [1.54, 1.807) is 23.5 Å². The molecule has 1 aromatic carbocycles. The Morgan fingerprint density at radius 1 is 1.15 bits per heavy atom. The lowest BCUT2D eigenvalue weighted by Crippen LogP contribution is -2.33. The van der Waals surface area contributed by atoms with Crippen LogP contribution in [0.15, 0.2) is 42.9 Å². The number of carbonyl (C=O) groups is 2. The molecule has 1 aliphatic heterocycles. The first-order valence-corrected chi connectivity index (χ1v) is 8.94. The number of amides is 2. The number of hydrogen-bond donors (Lipinski definition) is 1. The van der Waals surface area contributed by atoms with Crippen LogP contribution in [-0.2, 0) is 15.0 Å². The minimum absolute atomic E-state index is 0.101. The molecular weight excluding hydrogens is 340 g/mol. The molecule has 0 fully saturated rings. The fourth-order valence-corrected chi connectivity index (χ4v) is 3.08. The third kappa shape index (κ3) is 4.22. The van der Waals surface area contributed by atoms with E-state index in [4.69, 9.17) is 0 Å². The Labute approximate surface area is 159 Å². The third-order valence-corrected chi connectivity index (χ3v) is 4.45. The molecule has 1 aliphatic rings. The monoisotopic (exact) mass is 364 g/mol. The first-order chi connectivity index (χ1) is 12.8. The quantitative estimate of drug-likeness (QED) is 0.901. The van der Waals surface area contributed by atoms with Gasteiger partial charge in [0.2, 0.25) is 11.8 Å². The highest BCUT2D eigenvalue weighted by molar-refractivity contribution is 5.91. The highest BCUT2D eigenvalue weighted by atomic mass is 16.2. The number of anilines is 1. The lowest BCUT2D eigenvalue weighted by atomic mass is 9.93. The van der Waals surface area contributed by atoms with Crippen LogP contribution < -0.4 is 5.32 Å². The van der Waals surface area contributed by atoms with Gasteiger partial charge in [-0.05, 0) is 17.2 Å². The molecule has 6 nitrogen and oxygen atoms in total. The van der Waals surface area contributed by atoms with Gasteiger partial charge in [0.15, 0.2) is 0 Å². The van der Waals surface area contributed by atoms with Gasteiger partial charge in [-0.1, -0.05) is 45.0 Å². The van der Waals surface area contributed by atoms with Crippen LogP contribution in [0.1, 0.15) is 57.1 Å². The molecule has 2 amide bonds. The molecule has 6 heteroatoms. The molecule has 0 saturated carbocycles. The molecule has 1 atom stereocenters. The van der Waals surface area contributed by atoms with E-state index in [0.29, 0.717) is 5.69 Å². The van der Waals surface area contributed by atoms with Crippen LogP contribution in [-0.4, -0.2) is 26.7 Å². The molecule has 2 heterocycles. The molecule has 3 rings (SSSR count). The second-order valence-electron chi connectivity index (χ2n) is 7.68. The number of carbonyl (C=O) groups excluding carboxylic acids is 2. The summed E-state index contributed by atoms with van der Waals surface area (Å²) in [6.07, 6.45) is 7.02. The summed E-state index contributed by atoms with van der Waals surface area (Å²) in [6.45, 7) is 7.60. The lowest BCUT2D eigenvalue weighted by molar-refractivity contribution is -0.129. The maximum atomic E-state index is 12.6. The topological polar surface area (TPSA) is 75.2 Å². The predicted molar refractivity (Wildman–Crippen MR) is 105 cm³/mol. The van der Waals surface area contributed by atoms with Crippen molar-refractivity contribution in [1.82, 2.24) is 14.9 Å². The summed E-state index contributed by atoms with van der Waals surface area (Å²) in [5.41, 5.74) is 2.38. The third-order valence-electron chi connectivity index (χ3n) is 4.45. The average molecular weight is 364 g/mol. The van der Waals surface area contributed by atoms with Gasteiger partial charge in [-0.2, -0.15) is 0 Å². The predicted octanol–water partition coefficient (Wildman–Crippen LogP) is 3.68. The van der Waals surface area contributed by atoms with Crippen molar-refractivity contribution in [3.63, 3.8) is 0 Å². The highest BCUT2D eigenvalue weighted by Crippen LogP contribution is 2.33. The summed E-state index contributed by atoms with van der Waals surface area (Å²) >= 11 is 0. The summed E-state index contributed by atoms with van der Waals surface area (Å²) in [5, 5.41) is 2.83. The van der Waals surface area contributed by atoms with Crippen LogP contribution in [0, 0.1) is 0 Å². The van der Waals surface area contributed by atoms with Gasteiger partial charge < -0.3 is 10.2 Å². The van der Waals surface area contributed by atoms with Crippen LogP contribution in [0.4, 0.5) is 5.69 Å². The van der Waals surface area contributed by atoms with Gasteiger partial charge in [0.1, 0.15) is 5.82 Å². The van der Waals surface area contributed by atoms with E-state index in [1.807, 2.05) is 51.1 Å². The maximum absolute atomic E-state index is 12.6. The number of hydrogen-bond acceptors (Lipinski definition) is 4. The fourth-order valence-electron chi connectivity index (χ4n) is 3.08. The Morgan fingerprint density at radius 2 is 1.81 bits per heavy atom. The normalized spacial score (nSPS) is 16.0. The molecule has 1 aromatic heterocycles. The molecule has 140 valence electrons. The van der Waals surface area contributed by atoms with Gasteiger partial charge in [-0.25, -0.2) is 9.97 Å². The summed E-state index contributed by atoms with van der Waals surface area (Å²) in [6, 6.07) is 7.46. The van der Waals surface area contributed by atoms with E-state index in [9.17, 15) is 9.59 Å². The zero-order valence-electron chi connectivity index (χ0n) is 16.1. The van der Waals surface area contributed by atoms with E-state index in [0.717, 1.165) is 17.0 Å². The van der Waals surface area contributed by atoms with Crippen molar-refractivity contribution >= 4 is 23.6 Å². The van der Waals surface area contributed by atoms with E-state index in [-0.39, 0.29) is 29.7 Å². The molecular formula is C21H24N4O2. The Morgan fingerprint density at radius 3 is 2.44 bits per heavy atom. The fraction of sp³-hybridized carbons (Fsp3) is 0.333. The molecule has 2 aromatic rings. The lowest BCUT2D eigenvalue weighted by Gasteiger charge is -2.32. The molecule has 0 aliphatic carbocycles. The van der Waals surface area contributed by atoms with Crippen LogP contribution in [0.25, 0.3) is 6.08 Å². The van der Waals surface area contributed by atoms with Crippen molar-refractivity contribution in [2.75, 3.05) is 5.32 Å². The summed E-state index contributed by atoms with van der Waals surface area (Å²) in [7, 11) is 0. The van der Waals surface area contributed by atoms with Gasteiger partial charge in [0.05, 0.1) is 30.5 Å². The minimum atomic E-state index is -0.335. The zero-order chi connectivity index (χ0) is 19.6. The van der Waals surface area contributed by atoms with Crippen LogP contribution in [0.5, 0.6) is 0 Å². The summed E-state index contributed by atoms with van der Waals surface area (Å²) in [4.78, 5) is 34.9. The van der Waals surface area contributed by atoms with Crippen molar-refractivity contribution in [3.8, 4) is 0 Å². The summed E-state index contributed by atoms with van der Waals surface area (Å²) in [5.74, 6) is 0.425. The van der Waals surface area contributed by atoms with E-state index in [1.165, 1.54) is 6.92 Å². The van der Waals surface area contributed by atoms with E-state index >= 15 is 0 Å².